The number of amides is 3. The van der Waals surface area contributed by atoms with E-state index in [4.69, 9.17) is 9.47 Å². The third-order valence-electron chi connectivity index (χ3n) is 4.89. The Balaban J connectivity index is 2.02. The zero-order valence-electron chi connectivity index (χ0n) is 17.5. The second-order valence-electron chi connectivity index (χ2n) is 6.97. The monoisotopic (exact) mass is 439 g/mol. The maximum atomic E-state index is 12.9. The van der Waals surface area contributed by atoms with Crippen LogP contribution in [0.3, 0.4) is 0 Å². The molecule has 0 aromatic heterocycles. The van der Waals surface area contributed by atoms with Crippen LogP contribution in [0.5, 0.6) is 0 Å². The number of esters is 1. The molecule has 1 aliphatic heterocycles. The predicted molar refractivity (Wildman–Crippen MR) is 113 cm³/mol. The second kappa shape index (κ2) is 9.82. The molecule has 0 saturated heterocycles. The minimum absolute atomic E-state index is 0.0661. The smallest absolute Gasteiger partial charge is 0.419 e. The number of urea groups is 1. The molecular weight excluding hydrogens is 418 g/mol. The molecule has 0 saturated carbocycles. The van der Waals surface area contributed by atoms with Crippen LogP contribution in [-0.2, 0) is 20.9 Å². The van der Waals surface area contributed by atoms with Crippen LogP contribution in [0.2, 0.25) is 0 Å². The minimum atomic E-state index is -1.22. The van der Waals surface area contributed by atoms with Gasteiger partial charge in [-0.15, -0.1) is 0 Å². The highest BCUT2D eigenvalue weighted by molar-refractivity contribution is 6.11. The molecule has 0 N–H and O–H groups in total. The van der Waals surface area contributed by atoms with Crippen molar-refractivity contribution in [3.8, 4) is 0 Å². The molecule has 32 heavy (non-hydrogen) atoms. The Morgan fingerprint density at radius 1 is 1.12 bits per heavy atom. The number of nitro groups is 1. The van der Waals surface area contributed by atoms with Gasteiger partial charge in [0.15, 0.2) is 0 Å². The van der Waals surface area contributed by atoms with Crippen LogP contribution in [-0.4, -0.2) is 40.2 Å². The molecule has 3 amide bonds. The first-order valence-electron chi connectivity index (χ1n) is 9.83. The molecule has 3 rings (SSSR count). The summed E-state index contributed by atoms with van der Waals surface area (Å²) >= 11 is 0. The Morgan fingerprint density at radius 3 is 2.50 bits per heavy atom. The van der Waals surface area contributed by atoms with Crippen molar-refractivity contribution in [1.29, 1.82) is 0 Å². The van der Waals surface area contributed by atoms with Crippen molar-refractivity contribution in [3.05, 3.63) is 75.8 Å². The number of ether oxygens (including phenoxy) is 2. The molecule has 1 heterocycles. The zero-order chi connectivity index (χ0) is 23.3. The Labute approximate surface area is 183 Å². The van der Waals surface area contributed by atoms with E-state index >= 15 is 0 Å². The average molecular weight is 439 g/mol. The third-order valence-corrected chi connectivity index (χ3v) is 4.89. The number of aliphatic imine (C=N–C) groups is 1. The van der Waals surface area contributed by atoms with E-state index in [-0.39, 0.29) is 30.2 Å². The van der Waals surface area contributed by atoms with Gasteiger partial charge in [-0.25, -0.2) is 19.5 Å². The summed E-state index contributed by atoms with van der Waals surface area (Å²) < 4.78 is 10.4. The summed E-state index contributed by atoms with van der Waals surface area (Å²) in [6, 6.07) is 12.1. The van der Waals surface area contributed by atoms with Gasteiger partial charge in [0.05, 0.1) is 17.6 Å². The van der Waals surface area contributed by atoms with Gasteiger partial charge in [0, 0.05) is 17.8 Å². The summed E-state index contributed by atoms with van der Waals surface area (Å²) in [7, 11) is 0. The van der Waals surface area contributed by atoms with Crippen LogP contribution in [0.1, 0.15) is 31.0 Å². The van der Waals surface area contributed by atoms with E-state index in [1.54, 1.807) is 37.3 Å². The first-order chi connectivity index (χ1) is 15.3. The van der Waals surface area contributed by atoms with Crippen LogP contribution >= 0.6 is 0 Å². The number of rotatable bonds is 6. The summed E-state index contributed by atoms with van der Waals surface area (Å²) in [5.41, 5.74) is 0.780. The number of benzene rings is 2. The van der Waals surface area contributed by atoms with Gasteiger partial charge < -0.3 is 9.47 Å². The molecule has 0 fully saturated rings. The third kappa shape index (κ3) is 4.80. The van der Waals surface area contributed by atoms with E-state index in [1.807, 2.05) is 0 Å². The summed E-state index contributed by atoms with van der Waals surface area (Å²) in [6.45, 7) is 3.04. The topological polar surface area (TPSA) is 128 Å². The summed E-state index contributed by atoms with van der Waals surface area (Å²) in [6.07, 6.45) is -1.03. The fraction of sp³-hybridized carbons (Fsp3) is 0.273. The van der Waals surface area contributed by atoms with Crippen molar-refractivity contribution in [1.82, 2.24) is 4.90 Å². The predicted octanol–water partition coefficient (Wildman–Crippen LogP) is 4.05. The molecule has 2 aromatic rings. The van der Waals surface area contributed by atoms with E-state index in [2.05, 4.69) is 4.99 Å². The lowest BCUT2D eigenvalue weighted by atomic mass is 9.87. The van der Waals surface area contributed by atoms with Crippen molar-refractivity contribution >= 4 is 29.5 Å². The first kappa shape index (κ1) is 22.6. The summed E-state index contributed by atoms with van der Waals surface area (Å²) in [4.78, 5) is 53.6. The Hall–Kier alpha value is -4.08. The van der Waals surface area contributed by atoms with Crippen LogP contribution in [0.4, 0.5) is 15.3 Å². The van der Waals surface area contributed by atoms with Gasteiger partial charge in [0.1, 0.15) is 12.5 Å². The molecule has 0 radical (unpaired) electrons. The number of nitro benzene ring substituents is 1. The zero-order valence-corrected chi connectivity index (χ0v) is 17.5. The number of carbonyl (C=O) groups is 3. The van der Waals surface area contributed by atoms with Crippen LogP contribution in [0.25, 0.3) is 0 Å². The molecule has 2 aromatic carbocycles. The van der Waals surface area contributed by atoms with E-state index in [1.165, 1.54) is 31.2 Å². The van der Waals surface area contributed by atoms with Gasteiger partial charge in [-0.05, 0) is 25.0 Å². The van der Waals surface area contributed by atoms with E-state index in [9.17, 15) is 24.5 Å². The Bertz CT molecular complexity index is 1070. The molecular formula is C22H21N3O7. The molecule has 10 heteroatoms. The largest absolute Gasteiger partial charge is 0.465 e. The standard InChI is InChI=1S/C22H21N3O7/c1-3-31-20(26)18-14(2)23-21(27)24(22(28)32-13-15-8-5-4-6-9-15)19(18)16-10-7-11-17(12-16)25(29)30/h4-12,18-19H,3,13H2,1-2H3. The molecule has 0 aliphatic carbocycles. The van der Waals surface area contributed by atoms with E-state index in [0.717, 1.165) is 0 Å². The number of hydrogen-bond acceptors (Lipinski definition) is 7. The van der Waals surface area contributed by atoms with Crippen LogP contribution < -0.4 is 0 Å². The Kier molecular flexibility index (Phi) is 6.93. The molecule has 166 valence electrons. The summed E-state index contributed by atoms with van der Waals surface area (Å²) in [5, 5.41) is 11.3. The second-order valence-corrected chi connectivity index (χ2v) is 6.97. The molecule has 0 bridgehead atoms. The highest BCUT2D eigenvalue weighted by Crippen LogP contribution is 2.36. The number of non-ortho nitro benzene ring substituents is 1. The number of hydrogen-bond donors (Lipinski definition) is 0. The average Bonchev–Trinajstić information content (AvgIpc) is 2.77. The van der Waals surface area contributed by atoms with Gasteiger partial charge in [-0.3, -0.25) is 14.9 Å². The lowest BCUT2D eigenvalue weighted by molar-refractivity contribution is -0.385. The fourth-order valence-electron chi connectivity index (χ4n) is 3.45. The minimum Gasteiger partial charge on any atom is -0.465 e. The highest BCUT2D eigenvalue weighted by Gasteiger charge is 2.47. The lowest BCUT2D eigenvalue weighted by Crippen LogP contribution is -2.49. The highest BCUT2D eigenvalue weighted by atomic mass is 16.6. The maximum absolute atomic E-state index is 12.9. The number of carbonyl (C=O) groups excluding carboxylic acids is 3. The van der Waals surface area contributed by atoms with E-state index < -0.39 is 35.0 Å². The van der Waals surface area contributed by atoms with E-state index in [0.29, 0.717) is 10.5 Å². The van der Waals surface area contributed by atoms with Crippen molar-refractivity contribution in [2.75, 3.05) is 6.61 Å². The molecule has 2 unspecified atom stereocenters. The summed E-state index contributed by atoms with van der Waals surface area (Å²) in [5.74, 6) is -1.85. The lowest BCUT2D eigenvalue weighted by Gasteiger charge is -2.36. The van der Waals surface area contributed by atoms with Gasteiger partial charge >= 0.3 is 18.1 Å². The fourth-order valence-corrected chi connectivity index (χ4v) is 3.45. The van der Waals surface area contributed by atoms with Crippen molar-refractivity contribution in [2.24, 2.45) is 10.9 Å². The number of nitrogens with zero attached hydrogens (tertiary/aromatic N) is 3. The Morgan fingerprint density at radius 2 is 1.84 bits per heavy atom. The molecule has 1 aliphatic rings. The molecule has 10 nitrogen and oxygen atoms in total. The van der Waals surface area contributed by atoms with Gasteiger partial charge in [0.25, 0.3) is 5.69 Å². The molecule has 0 spiro atoms. The normalized spacial score (nSPS) is 18.0. The van der Waals surface area contributed by atoms with Crippen molar-refractivity contribution < 1.29 is 28.8 Å². The van der Waals surface area contributed by atoms with Gasteiger partial charge in [-0.1, -0.05) is 42.5 Å². The van der Waals surface area contributed by atoms with Gasteiger partial charge in [-0.2, -0.15) is 0 Å². The quantitative estimate of drug-likeness (QED) is 0.377. The maximum Gasteiger partial charge on any atom is 0.419 e. The SMILES string of the molecule is CCOC(=O)C1C(C)=NC(=O)N(C(=O)OCc2ccccc2)C1c1cccc([N+](=O)[O-])c1. The van der Waals surface area contributed by atoms with Crippen molar-refractivity contribution in [2.45, 2.75) is 26.5 Å². The van der Waals surface area contributed by atoms with Gasteiger partial charge in [0.2, 0.25) is 0 Å². The molecule has 2 atom stereocenters. The van der Waals surface area contributed by atoms with Crippen LogP contribution in [0, 0.1) is 16.0 Å². The number of imide groups is 1. The van der Waals surface area contributed by atoms with Crippen LogP contribution in [0.15, 0.2) is 59.6 Å². The first-order valence-corrected chi connectivity index (χ1v) is 9.83. The van der Waals surface area contributed by atoms with Crippen molar-refractivity contribution in [3.63, 3.8) is 0 Å².